The Hall–Kier alpha value is -0.990. The van der Waals surface area contributed by atoms with E-state index < -0.39 is 0 Å². The molecule has 0 spiro atoms. The SMILES string of the molecule is C=CC(=O)OCCN(C)CCOCCN(C)CCOCCN(C)C. The standard InChI is InChI=1S/C17H35N3O4/c1-6-17(21)24-16-11-20(5)10-15-23-14-9-19(4)8-13-22-12-7-18(2)3/h6H,1,7-16H2,2-5H3. The lowest BCUT2D eigenvalue weighted by molar-refractivity contribution is -0.138. The molecule has 0 aliphatic rings. The fourth-order valence-electron chi connectivity index (χ4n) is 1.70. The molecular weight excluding hydrogens is 310 g/mol. The van der Waals surface area contributed by atoms with Crippen molar-refractivity contribution < 1.29 is 19.0 Å². The van der Waals surface area contributed by atoms with Crippen molar-refractivity contribution in [1.82, 2.24) is 14.7 Å². The van der Waals surface area contributed by atoms with E-state index in [0.29, 0.717) is 26.4 Å². The lowest BCUT2D eigenvalue weighted by atomic mass is 10.5. The Kier molecular flexibility index (Phi) is 14.9. The number of carbonyl (C=O) groups excluding carboxylic acids is 1. The predicted molar refractivity (Wildman–Crippen MR) is 96.3 cm³/mol. The van der Waals surface area contributed by atoms with Crippen LogP contribution in [0.25, 0.3) is 0 Å². The Morgan fingerprint density at radius 2 is 1.21 bits per heavy atom. The number of carbonyl (C=O) groups is 1. The molecular formula is C17H35N3O4. The first-order valence-electron chi connectivity index (χ1n) is 8.42. The summed E-state index contributed by atoms with van der Waals surface area (Å²) in [6.07, 6.45) is 1.17. The molecule has 0 saturated carbocycles. The molecule has 0 aromatic carbocycles. The fraction of sp³-hybridized carbons (Fsp3) is 0.824. The summed E-state index contributed by atoms with van der Waals surface area (Å²) >= 11 is 0. The normalized spacial score (nSPS) is 11.5. The van der Waals surface area contributed by atoms with Gasteiger partial charge in [0.05, 0.1) is 26.4 Å². The molecule has 0 saturated heterocycles. The van der Waals surface area contributed by atoms with Crippen molar-refractivity contribution in [3.05, 3.63) is 12.7 Å². The van der Waals surface area contributed by atoms with Gasteiger partial charge < -0.3 is 28.9 Å². The van der Waals surface area contributed by atoms with E-state index >= 15 is 0 Å². The third-order valence-corrected chi connectivity index (χ3v) is 3.42. The molecule has 0 N–H and O–H groups in total. The summed E-state index contributed by atoms with van der Waals surface area (Å²) in [5, 5.41) is 0. The van der Waals surface area contributed by atoms with Gasteiger partial charge in [0, 0.05) is 38.8 Å². The van der Waals surface area contributed by atoms with Gasteiger partial charge in [0.15, 0.2) is 0 Å². The van der Waals surface area contributed by atoms with Gasteiger partial charge in [0.2, 0.25) is 0 Å². The van der Waals surface area contributed by atoms with Crippen LogP contribution in [0, 0.1) is 0 Å². The van der Waals surface area contributed by atoms with Crippen LogP contribution in [0.2, 0.25) is 0 Å². The average molecular weight is 345 g/mol. The highest BCUT2D eigenvalue weighted by atomic mass is 16.5. The molecule has 0 bridgehead atoms. The second kappa shape index (κ2) is 15.5. The van der Waals surface area contributed by atoms with E-state index in [-0.39, 0.29) is 5.97 Å². The molecule has 142 valence electrons. The van der Waals surface area contributed by atoms with Crippen LogP contribution in [0.5, 0.6) is 0 Å². The van der Waals surface area contributed by atoms with Gasteiger partial charge in [-0.25, -0.2) is 4.79 Å². The van der Waals surface area contributed by atoms with Crippen LogP contribution in [-0.4, -0.2) is 115 Å². The molecule has 7 nitrogen and oxygen atoms in total. The molecule has 0 aromatic heterocycles. The maximum atomic E-state index is 10.9. The van der Waals surface area contributed by atoms with Crippen LogP contribution in [0.15, 0.2) is 12.7 Å². The summed E-state index contributed by atoms with van der Waals surface area (Å²) in [6, 6.07) is 0. The maximum absolute atomic E-state index is 10.9. The van der Waals surface area contributed by atoms with Gasteiger partial charge in [-0.1, -0.05) is 6.58 Å². The minimum Gasteiger partial charge on any atom is -0.461 e. The highest BCUT2D eigenvalue weighted by molar-refractivity contribution is 5.81. The Bertz CT molecular complexity index is 327. The van der Waals surface area contributed by atoms with Crippen LogP contribution in [-0.2, 0) is 19.0 Å². The third-order valence-electron chi connectivity index (χ3n) is 3.42. The van der Waals surface area contributed by atoms with E-state index in [1.54, 1.807) is 0 Å². The molecule has 7 heteroatoms. The Morgan fingerprint density at radius 1 is 0.792 bits per heavy atom. The molecule has 0 heterocycles. The van der Waals surface area contributed by atoms with Crippen molar-refractivity contribution >= 4 is 5.97 Å². The summed E-state index contributed by atoms with van der Waals surface area (Å²) in [7, 11) is 8.12. The Morgan fingerprint density at radius 3 is 1.62 bits per heavy atom. The summed E-state index contributed by atoms with van der Waals surface area (Å²) in [5.41, 5.74) is 0. The maximum Gasteiger partial charge on any atom is 0.330 e. The molecule has 0 atom stereocenters. The Labute approximate surface area is 147 Å². The number of hydrogen-bond acceptors (Lipinski definition) is 7. The average Bonchev–Trinajstić information content (AvgIpc) is 2.53. The summed E-state index contributed by atoms with van der Waals surface area (Å²) in [4.78, 5) is 17.3. The summed E-state index contributed by atoms with van der Waals surface area (Å²) in [5.74, 6) is -0.381. The van der Waals surface area contributed by atoms with Gasteiger partial charge in [-0.3, -0.25) is 0 Å². The zero-order valence-electron chi connectivity index (χ0n) is 15.8. The first-order chi connectivity index (χ1) is 11.5. The molecule has 0 aliphatic heterocycles. The van der Waals surface area contributed by atoms with E-state index in [9.17, 15) is 4.79 Å². The van der Waals surface area contributed by atoms with E-state index in [1.165, 1.54) is 6.08 Å². The van der Waals surface area contributed by atoms with Crippen LogP contribution < -0.4 is 0 Å². The zero-order valence-corrected chi connectivity index (χ0v) is 15.8. The second-order valence-electron chi connectivity index (χ2n) is 6.01. The molecule has 0 unspecified atom stereocenters. The van der Waals surface area contributed by atoms with Crippen LogP contribution in [0.4, 0.5) is 0 Å². The van der Waals surface area contributed by atoms with Crippen LogP contribution in [0.3, 0.4) is 0 Å². The minimum atomic E-state index is -0.381. The predicted octanol–water partition coefficient (Wildman–Crippen LogP) is 0.174. The third kappa shape index (κ3) is 15.9. The van der Waals surface area contributed by atoms with Gasteiger partial charge in [-0.05, 0) is 28.2 Å². The van der Waals surface area contributed by atoms with E-state index in [0.717, 1.165) is 39.4 Å². The minimum absolute atomic E-state index is 0.373. The zero-order chi connectivity index (χ0) is 18.2. The fourth-order valence-corrected chi connectivity index (χ4v) is 1.70. The van der Waals surface area contributed by atoms with E-state index in [1.807, 2.05) is 21.1 Å². The van der Waals surface area contributed by atoms with Gasteiger partial charge in [-0.2, -0.15) is 0 Å². The monoisotopic (exact) mass is 345 g/mol. The molecule has 0 fully saturated rings. The van der Waals surface area contributed by atoms with Crippen molar-refractivity contribution in [3.63, 3.8) is 0 Å². The van der Waals surface area contributed by atoms with Crippen molar-refractivity contribution in [1.29, 1.82) is 0 Å². The molecule has 0 radical (unpaired) electrons. The van der Waals surface area contributed by atoms with Crippen molar-refractivity contribution in [3.8, 4) is 0 Å². The van der Waals surface area contributed by atoms with Crippen LogP contribution in [0.1, 0.15) is 0 Å². The largest absolute Gasteiger partial charge is 0.461 e. The number of ether oxygens (including phenoxy) is 3. The second-order valence-corrected chi connectivity index (χ2v) is 6.01. The number of rotatable bonds is 16. The lowest BCUT2D eigenvalue weighted by Gasteiger charge is -2.19. The van der Waals surface area contributed by atoms with E-state index in [4.69, 9.17) is 14.2 Å². The van der Waals surface area contributed by atoms with Gasteiger partial charge in [0.25, 0.3) is 0 Å². The topological polar surface area (TPSA) is 54.5 Å². The molecule has 0 aliphatic carbocycles. The van der Waals surface area contributed by atoms with Crippen molar-refractivity contribution in [2.45, 2.75) is 0 Å². The Balaban J connectivity index is 3.38. The highest BCUT2D eigenvalue weighted by Crippen LogP contribution is 1.89. The first-order valence-corrected chi connectivity index (χ1v) is 8.42. The smallest absolute Gasteiger partial charge is 0.330 e. The molecule has 0 amide bonds. The van der Waals surface area contributed by atoms with Crippen molar-refractivity contribution in [2.24, 2.45) is 0 Å². The van der Waals surface area contributed by atoms with E-state index in [2.05, 4.69) is 28.3 Å². The van der Waals surface area contributed by atoms with Gasteiger partial charge in [-0.15, -0.1) is 0 Å². The summed E-state index contributed by atoms with van der Waals surface area (Å²) in [6.45, 7) is 10.9. The summed E-state index contributed by atoms with van der Waals surface area (Å²) < 4.78 is 16.1. The quantitative estimate of drug-likeness (QED) is 0.225. The van der Waals surface area contributed by atoms with Crippen molar-refractivity contribution in [2.75, 3.05) is 93.9 Å². The number of likely N-dealkylation sites (N-methyl/N-ethyl adjacent to an activating group) is 3. The number of esters is 1. The van der Waals surface area contributed by atoms with Crippen LogP contribution >= 0.6 is 0 Å². The molecule has 0 rings (SSSR count). The molecule has 24 heavy (non-hydrogen) atoms. The first kappa shape index (κ1) is 23.0. The number of hydrogen-bond donors (Lipinski definition) is 0. The van der Waals surface area contributed by atoms with Gasteiger partial charge in [0.1, 0.15) is 6.61 Å². The molecule has 0 aromatic rings. The highest BCUT2D eigenvalue weighted by Gasteiger charge is 2.02. The van der Waals surface area contributed by atoms with Gasteiger partial charge >= 0.3 is 5.97 Å². The lowest BCUT2D eigenvalue weighted by Crippen LogP contribution is -2.30. The number of nitrogens with zero attached hydrogens (tertiary/aromatic N) is 3.